The van der Waals surface area contributed by atoms with Crippen LogP contribution in [0.3, 0.4) is 0 Å². The number of rotatable bonds is 9. The first-order chi connectivity index (χ1) is 14.9. The second kappa shape index (κ2) is 10.2. The number of hydrogen-bond acceptors (Lipinski definition) is 4. The van der Waals surface area contributed by atoms with Gasteiger partial charge in [0, 0.05) is 26.2 Å². The number of imidazole rings is 1. The molecule has 2 amide bonds. The number of carbonyl (C=O) groups excluding carboxylic acids is 2. The molecule has 0 fully saturated rings. The molecule has 3 rings (SSSR count). The van der Waals surface area contributed by atoms with Crippen LogP contribution in [0.5, 0.6) is 0 Å². The Balaban J connectivity index is 1.73. The van der Waals surface area contributed by atoms with Crippen molar-refractivity contribution in [2.75, 3.05) is 39.1 Å². The van der Waals surface area contributed by atoms with E-state index in [1.807, 2.05) is 61.8 Å². The summed E-state index contributed by atoms with van der Waals surface area (Å²) in [7, 11) is 5.78. The van der Waals surface area contributed by atoms with Crippen molar-refractivity contribution in [1.82, 2.24) is 19.6 Å². The van der Waals surface area contributed by atoms with E-state index in [4.69, 9.17) is 0 Å². The first-order valence-electron chi connectivity index (χ1n) is 10.6. The predicted octanol–water partition coefficient (Wildman–Crippen LogP) is 2.92. The lowest BCUT2D eigenvalue weighted by atomic mass is 10.1. The quantitative estimate of drug-likeness (QED) is 0.540. The average molecular weight is 422 g/mol. The van der Waals surface area contributed by atoms with Crippen molar-refractivity contribution in [3.05, 3.63) is 65.5 Å². The highest BCUT2D eigenvalue weighted by Gasteiger charge is 2.19. The molecule has 0 aliphatic rings. The Morgan fingerprint density at radius 2 is 1.81 bits per heavy atom. The molecule has 0 atom stereocenters. The van der Waals surface area contributed by atoms with Crippen LogP contribution in [-0.4, -0.2) is 60.3 Å². The van der Waals surface area contributed by atoms with Crippen molar-refractivity contribution in [1.29, 1.82) is 0 Å². The van der Waals surface area contributed by atoms with E-state index in [1.54, 1.807) is 24.2 Å². The molecular weight excluding hydrogens is 390 g/mol. The third-order valence-electron chi connectivity index (χ3n) is 5.25. The molecule has 0 aliphatic carbocycles. The largest absolute Gasteiger partial charge is 0.352 e. The van der Waals surface area contributed by atoms with Gasteiger partial charge in [-0.1, -0.05) is 30.3 Å². The van der Waals surface area contributed by atoms with Gasteiger partial charge in [0.1, 0.15) is 11.5 Å². The second-order valence-electron chi connectivity index (χ2n) is 8.02. The molecule has 0 unspecified atom stereocenters. The molecule has 2 aromatic heterocycles. The van der Waals surface area contributed by atoms with Crippen LogP contribution in [0.25, 0.3) is 5.65 Å². The number of benzene rings is 1. The van der Waals surface area contributed by atoms with Crippen molar-refractivity contribution >= 4 is 23.3 Å². The van der Waals surface area contributed by atoms with Crippen molar-refractivity contribution in [2.45, 2.75) is 26.2 Å². The van der Waals surface area contributed by atoms with E-state index in [2.05, 4.69) is 15.2 Å². The number of amides is 2. The van der Waals surface area contributed by atoms with Gasteiger partial charge < -0.3 is 10.2 Å². The Hall–Kier alpha value is -3.19. The lowest BCUT2D eigenvalue weighted by Gasteiger charge is -2.18. The highest BCUT2D eigenvalue weighted by Crippen LogP contribution is 2.23. The summed E-state index contributed by atoms with van der Waals surface area (Å²) in [5.74, 6) is 0.568. The molecule has 7 nitrogen and oxygen atoms in total. The van der Waals surface area contributed by atoms with Crippen LogP contribution in [0.1, 0.15) is 34.5 Å². The van der Waals surface area contributed by atoms with Crippen molar-refractivity contribution in [3.63, 3.8) is 0 Å². The normalized spacial score (nSPS) is 11.1. The molecule has 1 N–H and O–H groups in total. The summed E-state index contributed by atoms with van der Waals surface area (Å²) in [6.07, 6.45) is 3.72. The molecule has 0 spiro atoms. The van der Waals surface area contributed by atoms with Gasteiger partial charge in [-0.2, -0.15) is 0 Å². The van der Waals surface area contributed by atoms with Gasteiger partial charge >= 0.3 is 0 Å². The minimum atomic E-state index is -0.129. The third kappa shape index (κ3) is 5.70. The maximum Gasteiger partial charge on any atom is 0.252 e. The van der Waals surface area contributed by atoms with Crippen LogP contribution < -0.4 is 10.2 Å². The zero-order chi connectivity index (χ0) is 22.4. The van der Waals surface area contributed by atoms with Crippen LogP contribution in [0.2, 0.25) is 0 Å². The molecule has 1 aromatic carbocycles. The maximum atomic E-state index is 12.9. The van der Waals surface area contributed by atoms with Gasteiger partial charge in [0.2, 0.25) is 5.91 Å². The second-order valence-corrected chi connectivity index (χ2v) is 8.02. The van der Waals surface area contributed by atoms with Gasteiger partial charge in [-0.05, 0) is 58.1 Å². The molecule has 0 radical (unpaired) electrons. The number of anilines is 1. The Morgan fingerprint density at radius 1 is 1.06 bits per heavy atom. The fourth-order valence-electron chi connectivity index (χ4n) is 3.57. The van der Waals surface area contributed by atoms with E-state index in [1.165, 1.54) is 0 Å². The summed E-state index contributed by atoms with van der Waals surface area (Å²) >= 11 is 0. The highest BCUT2D eigenvalue weighted by molar-refractivity contribution is 5.95. The van der Waals surface area contributed by atoms with Crippen LogP contribution in [-0.2, 0) is 11.2 Å². The number of nitrogens with zero attached hydrogens (tertiary/aromatic N) is 4. The van der Waals surface area contributed by atoms with E-state index < -0.39 is 0 Å². The van der Waals surface area contributed by atoms with E-state index in [0.29, 0.717) is 36.4 Å². The lowest BCUT2D eigenvalue weighted by Crippen LogP contribution is -2.29. The Kier molecular flexibility index (Phi) is 7.41. The number of aromatic nitrogens is 2. The summed E-state index contributed by atoms with van der Waals surface area (Å²) in [4.78, 5) is 33.7. The van der Waals surface area contributed by atoms with Gasteiger partial charge in [0.05, 0.1) is 11.3 Å². The van der Waals surface area contributed by atoms with Gasteiger partial charge in [-0.3, -0.25) is 18.9 Å². The SMILES string of the molecule is Cc1nc2ccc(C(=O)NCCCN(C)C)cn2c1N(C)C(=O)CCc1ccccc1. The Bertz CT molecular complexity index is 1040. The number of carbonyl (C=O) groups is 2. The number of fused-ring (bicyclic) bond motifs is 1. The van der Waals surface area contributed by atoms with Crippen molar-refractivity contribution in [2.24, 2.45) is 0 Å². The van der Waals surface area contributed by atoms with E-state index in [-0.39, 0.29) is 11.8 Å². The molecule has 7 heteroatoms. The smallest absolute Gasteiger partial charge is 0.252 e. The van der Waals surface area contributed by atoms with Crippen LogP contribution in [0.4, 0.5) is 5.82 Å². The maximum absolute atomic E-state index is 12.9. The topological polar surface area (TPSA) is 70.0 Å². The zero-order valence-electron chi connectivity index (χ0n) is 18.8. The fraction of sp³-hybridized carbons (Fsp3) is 0.375. The molecule has 3 aromatic rings. The fourth-order valence-corrected chi connectivity index (χ4v) is 3.57. The number of pyridine rings is 1. The minimum Gasteiger partial charge on any atom is -0.352 e. The van der Waals surface area contributed by atoms with Gasteiger partial charge in [0.15, 0.2) is 0 Å². The lowest BCUT2D eigenvalue weighted by molar-refractivity contribution is -0.118. The summed E-state index contributed by atoms with van der Waals surface area (Å²) < 4.78 is 1.82. The summed E-state index contributed by atoms with van der Waals surface area (Å²) in [6, 6.07) is 13.6. The monoisotopic (exact) mass is 421 g/mol. The minimum absolute atomic E-state index is 0.00675. The Labute approximate surface area is 183 Å². The predicted molar refractivity (Wildman–Crippen MR) is 124 cm³/mol. The van der Waals surface area contributed by atoms with Crippen LogP contribution in [0.15, 0.2) is 48.7 Å². The molecular formula is C24H31N5O2. The molecule has 2 heterocycles. The van der Waals surface area contributed by atoms with Crippen molar-refractivity contribution in [3.8, 4) is 0 Å². The highest BCUT2D eigenvalue weighted by atomic mass is 16.2. The first-order valence-corrected chi connectivity index (χ1v) is 10.6. The molecule has 0 saturated carbocycles. The average Bonchev–Trinajstić information content (AvgIpc) is 3.09. The van der Waals surface area contributed by atoms with Crippen molar-refractivity contribution < 1.29 is 9.59 Å². The van der Waals surface area contributed by atoms with E-state index in [9.17, 15) is 9.59 Å². The zero-order valence-corrected chi connectivity index (χ0v) is 18.8. The van der Waals surface area contributed by atoms with Crippen LogP contribution >= 0.6 is 0 Å². The third-order valence-corrected chi connectivity index (χ3v) is 5.25. The van der Waals surface area contributed by atoms with Gasteiger partial charge in [0.25, 0.3) is 5.91 Å². The molecule has 0 aliphatic heterocycles. The van der Waals surface area contributed by atoms with Gasteiger partial charge in [-0.15, -0.1) is 0 Å². The van der Waals surface area contributed by atoms with Gasteiger partial charge in [-0.25, -0.2) is 4.98 Å². The van der Waals surface area contributed by atoms with E-state index >= 15 is 0 Å². The standard InChI is InChI=1S/C24H31N5O2/c1-18-24(28(4)22(30)14-11-19-9-6-5-7-10-19)29-17-20(12-13-21(29)26-18)23(31)25-15-8-16-27(2)3/h5-7,9-10,12-13,17H,8,11,14-16H2,1-4H3,(H,25,31). The summed E-state index contributed by atoms with van der Waals surface area (Å²) in [5, 5.41) is 2.96. The number of hydrogen-bond donors (Lipinski definition) is 1. The molecule has 164 valence electrons. The summed E-state index contributed by atoms with van der Waals surface area (Å²) in [5.41, 5.74) is 3.13. The van der Waals surface area contributed by atoms with Crippen LogP contribution in [0, 0.1) is 6.92 Å². The Morgan fingerprint density at radius 3 is 2.52 bits per heavy atom. The first kappa shape index (κ1) is 22.5. The number of nitrogens with one attached hydrogen (secondary N) is 1. The molecule has 31 heavy (non-hydrogen) atoms. The molecule has 0 saturated heterocycles. The van der Waals surface area contributed by atoms with E-state index in [0.717, 1.165) is 24.2 Å². The molecule has 0 bridgehead atoms. The number of aryl methyl sites for hydroxylation is 2. The summed E-state index contributed by atoms with van der Waals surface area (Å²) in [6.45, 7) is 3.41.